The maximum Gasteiger partial charge on any atom is 0.326 e. The molecule has 4 rings (SSSR count). The van der Waals surface area contributed by atoms with E-state index in [1.807, 2.05) is 0 Å². The lowest BCUT2D eigenvalue weighted by Gasteiger charge is -2.33. The summed E-state index contributed by atoms with van der Waals surface area (Å²) in [6, 6.07) is 6.41. The van der Waals surface area contributed by atoms with Crippen molar-refractivity contribution in [2.75, 3.05) is 18.8 Å². The summed E-state index contributed by atoms with van der Waals surface area (Å²) in [7, 11) is 0. The molecule has 1 aromatic heterocycles. The molecule has 3 aromatic rings. The zero-order valence-corrected chi connectivity index (χ0v) is 16.2. The van der Waals surface area contributed by atoms with E-state index in [1.165, 1.54) is 16.7 Å². The number of likely N-dealkylation sites (tertiary alicyclic amines) is 1. The molecule has 1 aliphatic heterocycles. The third-order valence-electron chi connectivity index (χ3n) is 5.19. The first-order valence-corrected chi connectivity index (χ1v) is 9.61. The number of nitrogens with two attached hydrogens (primary N) is 1. The van der Waals surface area contributed by atoms with Crippen LogP contribution >= 0.6 is 11.6 Å². The van der Waals surface area contributed by atoms with Crippen molar-refractivity contribution >= 4 is 34.2 Å². The van der Waals surface area contributed by atoms with E-state index in [0.29, 0.717) is 37.0 Å². The van der Waals surface area contributed by atoms with Gasteiger partial charge in [-0.1, -0.05) is 11.6 Å². The number of rotatable bonds is 3. The first kappa shape index (κ1) is 19.4. The lowest BCUT2D eigenvalue weighted by atomic mass is 10.0. The van der Waals surface area contributed by atoms with Crippen LogP contribution < -0.4 is 11.4 Å². The van der Waals surface area contributed by atoms with E-state index < -0.39 is 17.3 Å². The second kappa shape index (κ2) is 7.51. The predicted molar refractivity (Wildman–Crippen MR) is 107 cm³/mol. The Morgan fingerprint density at radius 2 is 2.03 bits per heavy atom. The highest BCUT2D eigenvalue weighted by Gasteiger charge is 2.27. The molecular formula is C20H19ClF2N4O2. The number of carbonyl (C=O) groups is 1. The number of anilines is 1. The van der Waals surface area contributed by atoms with Crippen LogP contribution in [0.25, 0.3) is 11.0 Å². The number of benzene rings is 2. The second-order valence-electron chi connectivity index (χ2n) is 7.29. The number of fused-ring (bicyclic) bond motifs is 1. The van der Waals surface area contributed by atoms with Gasteiger partial charge in [0, 0.05) is 23.8 Å². The Morgan fingerprint density at radius 1 is 1.24 bits per heavy atom. The molecule has 29 heavy (non-hydrogen) atoms. The second-order valence-corrected chi connectivity index (χ2v) is 7.72. The number of piperidine rings is 1. The molecular weight excluding hydrogens is 402 g/mol. The number of aromatic nitrogens is 2. The molecule has 2 aromatic carbocycles. The Balaban J connectivity index is 1.59. The highest BCUT2D eigenvalue weighted by molar-refractivity contribution is 6.30. The van der Waals surface area contributed by atoms with Crippen LogP contribution in [0.2, 0.25) is 5.02 Å². The zero-order chi connectivity index (χ0) is 20.7. The lowest BCUT2D eigenvalue weighted by molar-refractivity contribution is -0.132. The quantitative estimate of drug-likeness (QED) is 0.638. The van der Waals surface area contributed by atoms with Crippen molar-refractivity contribution in [1.29, 1.82) is 0 Å². The number of amides is 1. The molecule has 6 nitrogen and oxygen atoms in total. The van der Waals surface area contributed by atoms with Gasteiger partial charge in [-0.3, -0.25) is 9.36 Å². The standard InChI is InChI=1S/C20H19ClF2N4O2/c21-12-4-11(5-13(22)7-12)6-18(28)26-3-1-2-15(10-26)27-17-9-14(24)8-16(23)19(17)25-20(27)29/h4-5,7-9,15H,1-3,6,10,24H2,(H,25,29)/t15-/m0/s1. The summed E-state index contributed by atoms with van der Waals surface area (Å²) in [5.74, 6) is -1.28. The maximum atomic E-state index is 14.2. The average molecular weight is 421 g/mol. The van der Waals surface area contributed by atoms with Crippen molar-refractivity contribution < 1.29 is 13.6 Å². The van der Waals surface area contributed by atoms with Crippen LogP contribution in [0, 0.1) is 11.6 Å². The number of nitrogen functional groups attached to an aromatic ring is 1. The Labute approximate surface area is 169 Å². The van der Waals surface area contributed by atoms with Crippen molar-refractivity contribution in [2.24, 2.45) is 0 Å². The van der Waals surface area contributed by atoms with Crippen LogP contribution in [0.4, 0.5) is 14.5 Å². The van der Waals surface area contributed by atoms with Gasteiger partial charge in [-0.05, 0) is 48.7 Å². The van der Waals surface area contributed by atoms with Gasteiger partial charge in [-0.15, -0.1) is 0 Å². The molecule has 1 amide bonds. The molecule has 0 aliphatic carbocycles. The van der Waals surface area contributed by atoms with E-state index >= 15 is 0 Å². The fourth-order valence-corrected chi connectivity index (χ4v) is 4.20. The number of carbonyl (C=O) groups excluding carboxylic acids is 1. The minimum Gasteiger partial charge on any atom is -0.399 e. The summed E-state index contributed by atoms with van der Waals surface area (Å²) >= 11 is 5.86. The summed E-state index contributed by atoms with van der Waals surface area (Å²) in [5, 5.41) is 0.231. The van der Waals surface area contributed by atoms with Gasteiger partial charge in [0.1, 0.15) is 11.3 Å². The normalized spacial score (nSPS) is 17.1. The first-order valence-electron chi connectivity index (χ1n) is 9.24. The van der Waals surface area contributed by atoms with Gasteiger partial charge in [-0.25, -0.2) is 13.6 Å². The van der Waals surface area contributed by atoms with Gasteiger partial charge in [-0.2, -0.15) is 0 Å². The van der Waals surface area contributed by atoms with Gasteiger partial charge in [0.25, 0.3) is 0 Å². The molecule has 152 valence electrons. The van der Waals surface area contributed by atoms with Crippen molar-refractivity contribution in [3.63, 3.8) is 0 Å². The number of aromatic amines is 1. The predicted octanol–water partition coefficient (Wildman–Crippen LogP) is 3.25. The van der Waals surface area contributed by atoms with Crippen LogP contribution in [0.15, 0.2) is 35.1 Å². The zero-order valence-electron chi connectivity index (χ0n) is 15.4. The number of nitrogens with one attached hydrogen (secondary N) is 1. The number of halogens is 3. The van der Waals surface area contributed by atoms with Crippen molar-refractivity contribution in [1.82, 2.24) is 14.5 Å². The van der Waals surface area contributed by atoms with E-state index in [2.05, 4.69) is 4.98 Å². The van der Waals surface area contributed by atoms with E-state index in [9.17, 15) is 18.4 Å². The molecule has 1 saturated heterocycles. The molecule has 3 N–H and O–H groups in total. The Morgan fingerprint density at radius 3 is 2.79 bits per heavy atom. The number of imidazole rings is 1. The largest absolute Gasteiger partial charge is 0.399 e. The first-order chi connectivity index (χ1) is 13.8. The molecule has 0 saturated carbocycles. The van der Waals surface area contributed by atoms with Crippen LogP contribution in [0.5, 0.6) is 0 Å². The third kappa shape index (κ3) is 3.85. The van der Waals surface area contributed by atoms with E-state index in [0.717, 1.165) is 6.07 Å². The number of nitrogens with zero attached hydrogens (tertiary/aromatic N) is 2. The van der Waals surface area contributed by atoms with Crippen LogP contribution in [-0.2, 0) is 11.2 Å². The monoisotopic (exact) mass is 420 g/mol. The van der Waals surface area contributed by atoms with Gasteiger partial charge < -0.3 is 15.6 Å². The van der Waals surface area contributed by atoms with Crippen molar-refractivity contribution in [3.05, 3.63) is 63.0 Å². The number of hydrogen-bond acceptors (Lipinski definition) is 3. The third-order valence-corrected chi connectivity index (χ3v) is 5.41. The average Bonchev–Trinajstić information content (AvgIpc) is 2.97. The number of H-pyrrole nitrogens is 1. The molecule has 0 unspecified atom stereocenters. The highest BCUT2D eigenvalue weighted by atomic mass is 35.5. The minimum absolute atomic E-state index is 0.00849. The Hall–Kier alpha value is -2.87. The van der Waals surface area contributed by atoms with Crippen LogP contribution in [0.3, 0.4) is 0 Å². The lowest BCUT2D eigenvalue weighted by Crippen LogP contribution is -2.43. The SMILES string of the molecule is Nc1cc(F)c2[nH]c(=O)n([C@H]3CCCN(C(=O)Cc4cc(F)cc(Cl)c4)C3)c2c1. The molecule has 0 spiro atoms. The summed E-state index contributed by atoms with van der Waals surface area (Å²) < 4.78 is 29.2. The topological polar surface area (TPSA) is 84.1 Å². The minimum atomic E-state index is -0.595. The Bertz CT molecular complexity index is 1140. The molecule has 1 atom stereocenters. The fraction of sp³-hybridized carbons (Fsp3) is 0.300. The Kier molecular flexibility index (Phi) is 5.04. The van der Waals surface area contributed by atoms with Crippen molar-refractivity contribution in [3.8, 4) is 0 Å². The molecule has 9 heteroatoms. The van der Waals surface area contributed by atoms with Crippen LogP contribution in [0.1, 0.15) is 24.4 Å². The molecule has 1 fully saturated rings. The van der Waals surface area contributed by atoms with E-state index in [4.69, 9.17) is 17.3 Å². The summed E-state index contributed by atoms with van der Waals surface area (Å²) in [5.41, 5.74) is 6.48. The number of hydrogen-bond donors (Lipinski definition) is 2. The maximum absolute atomic E-state index is 14.2. The van der Waals surface area contributed by atoms with Gasteiger partial charge in [0.05, 0.1) is 18.0 Å². The molecule has 0 radical (unpaired) electrons. The van der Waals surface area contributed by atoms with Gasteiger partial charge >= 0.3 is 5.69 Å². The highest BCUT2D eigenvalue weighted by Crippen LogP contribution is 2.27. The molecule has 2 heterocycles. The van der Waals surface area contributed by atoms with Crippen molar-refractivity contribution in [2.45, 2.75) is 25.3 Å². The van der Waals surface area contributed by atoms with E-state index in [-0.39, 0.29) is 34.6 Å². The summed E-state index contributed by atoms with van der Waals surface area (Å²) in [4.78, 5) is 29.4. The fourth-order valence-electron chi connectivity index (χ4n) is 3.96. The van der Waals surface area contributed by atoms with Gasteiger partial charge in [0.15, 0.2) is 5.82 Å². The summed E-state index contributed by atoms with van der Waals surface area (Å²) in [6.07, 6.45) is 1.36. The van der Waals surface area contributed by atoms with Crippen LogP contribution in [-0.4, -0.2) is 33.4 Å². The van der Waals surface area contributed by atoms with Gasteiger partial charge in [0.2, 0.25) is 5.91 Å². The molecule has 1 aliphatic rings. The molecule has 0 bridgehead atoms. The summed E-state index contributed by atoms with van der Waals surface area (Å²) in [6.45, 7) is 0.831. The smallest absolute Gasteiger partial charge is 0.326 e. The van der Waals surface area contributed by atoms with E-state index in [1.54, 1.807) is 17.0 Å².